The van der Waals surface area contributed by atoms with E-state index in [1.165, 1.54) is 12.8 Å². The van der Waals surface area contributed by atoms with Crippen molar-refractivity contribution in [3.05, 3.63) is 28.2 Å². The fourth-order valence-electron chi connectivity index (χ4n) is 2.74. The van der Waals surface area contributed by atoms with Crippen LogP contribution in [0.3, 0.4) is 0 Å². The van der Waals surface area contributed by atoms with Crippen LogP contribution in [0.5, 0.6) is 5.75 Å². The monoisotopic (exact) mass is 442 g/mol. The fraction of sp³-hybridized carbons (Fsp3) is 0.579. The molecule has 2 rings (SSSR count). The number of ether oxygens (including phenoxy) is 2. The highest BCUT2D eigenvalue weighted by atomic mass is 79.9. The van der Waals surface area contributed by atoms with Crippen LogP contribution in [0.4, 0.5) is 0 Å². The van der Waals surface area contributed by atoms with Crippen LogP contribution in [0.1, 0.15) is 55.8 Å². The number of amides is 1. The second-order valence-corrected chi connectivity index (χ2v) is 7.67. The normalized spacial score (nSPS) is 16.3. The van der Waals surface area contributed by atoms with Crippen LogP contribution < -0.4 is 15.4 Å². The third-order valence-corrected chi connectivity index (χ3v) is 4.92. The second kappa shape index (κ2) is 11.5. The Morgan fingerprint density at radius 3 is 2.96 bits per heavy atom. The van der Waals surface area contributed by atoms with Gasteiger partial charge in [0.25, 0.3) is 5.91 Å². The highest BCUT2D eigenvalue weighted by Crippen LogP contribution is 2.23. The van der Waals surface area contributed by atoms with E-state index in [1.807, 2.05) is 12.1 Å². The van der Waals surface area contributed by atoms with E-state index in [4.69, 9.17) is 21.7 Å². The lowest BCUT2D eigenvalue weighted by atomic mass is 10.2. The zero-order valence-electron chi connectivity index (χ0n) is 15.2. The van der Waals surface area contributed by atoms with Gasteiger partial charge in [0.2, 0.25) is 0 Å². The average molecular weight is 443 g/mol. The van der Waals surface area contributed by atoms with Gasteiger partial charge in [0, 0.05) is 17.6 Å². The molecule has 1 aromatic rings. The molecule has 0 spiro atoms. The summed E-state index contributed by atoms with van der Waals surface area (Å²) < 4.78 is 12.2. The molecule has 1 aliphatic rings. The molecule has 1 heterocycles. The number of hydrogen-bond acceptors (Lipinski definition) is 4. The number of thiocarbonyl (C=S) groups is 1. The van der Waals surface area contributed by atoms with Crippen molar-refractivity contribution in [3.63, 3.8) is 0 Å². The Balaban J connectivity index is 1.87. The molecule has 0 aromatic heterocycles. The smallest absolute Gasteiger partial charge is 0.261 e. The van der Waals surface area contributed by atoms with Crippen molar-refractivity contribution >= 4 is 39.2 Å². The zero-order chi connectivity index (χ0) is 18.8. The van der Waals surface area contributed by atoms with E-state index >= 15 is 0 Å². The molecule has 1 unspecified atom stereocenters. The van der Waals surface area contributed by atoms with Gasteiger partial charge in [-0.1, -0.05) is 42.1 Å². The van der Waals surface area contributed by atoms with Crippen molar-refractivity contribution in [2.24, 2.45) is 0 Å². The van der Waals surface area contributed by atoms with Crippen LogP contribution in [0, 0.1) is 0 Å². The fourth-order valence-corrected chi connectivity index (χ4v) is 3.28. The van der Waals surface area contributed by atoms with E-state index in [2.05, 4.69) is 33.5 Å². The minimum atomic E-state index is -0.278. The van der Waals surface area contributed by atoms with Crippen LogP contribution in [0.15, 0.2) is 22.7 Å². The number of carbonyl (C=O) groups excluding carboxylic acids is 1. The lowest BCUT2D eigenvalue weighted by Crippen LogP contribution is -2.42. The van der Waals surface area contributed by atoms with E-state index in [9.17, 15) is 4.79 Å². The van der Waals surface area contributed by atoms with Crippen LogP contribution in [-0.4, -0.2) is 36.9 Å². The van der Waals surface area contributed by atoms with Gasteiger partial charge < -0.3 is 14.8 Å². The molecule has 26 heavy (non-hydrogen) atoms. The topological polar surface area (TPSA) is 59.6 Å². The lowest BCUT2D eigenvalue weighted by Gasteiger charge is -2.15. The highest BCUT2D eigenvalue weighted by molar-refractivity contribution is 9.10. The van der Waals surface area contributed by atoms with E-state index in [-0.39, 0.29) is 12.0 Å². The van der Waals surface area contributed by atoms with Crippen molar-refractivity contribution in [2.45, 2.75) is 51.6 Å². The maximum atomic E-state index is 12.6. The Kier molecular flexibility index (Phi) is 9.36. The van der Waals surface area contributed by atoms with Crippen LogP contribution in [0.25, 0.3) is 0 Å². The quantitative estimate of drug-likeness (QED) is 0.443. The first-order chi connectivity index (χ1) is 12.6. The van der Waals surface area contributed by atoms with E-state index < -0.39 is 0 Å². The minimum Gasteiger partial charge on any atom is -0.493 e. The summed E-state index contributed by atoms with van der Waals surface area (Å²) in [5, 5.41) is 6.08. The summed E-state index contributed by atoms with van der Waals surface area (Å²) >= 11 is 8.63. The van der Waals surface area contributed by atoms with Crippen molar-refractivity contribution in [2.75, 3.05) is 19.8 Å². The minimum absolute atomic E-state index is 0.165. The molecule has 1 aromatic carbocycles. The maximum absolute atomic E-state index is 12.6. The van der Waals surface area contributed by atoms with Crippen LogP contribution in [0.2, 0.25) is 0 Å². The second-order valence-electron chi connectivity index (χ2n) is 6.35. The lowest BCUT2D eigenvalue weighted by molar-refractivity contribution is 0.0969. The van der Waals surface area contributed by atoms with Gasteiger partial charge in [-0.25, -0.2) is 0 Å². The van der Waals surface area contributed by atoms with Gasteiger partial charge in [-0.05, 0) is 49.7 Å². The van der Waals surface area contributed by atoms with E-state index in [0.29, 0.717) is 29.6 Å². The Hall–Kier alpha value is -1.18. The molecule has 5 nitrogen and oxygen atoms in total. The van der Waals surface area contributed by atoms with Crippen molar-refractivity contribution in [1.82, 2.24) is 10.6 Å². The van der Waals surface area contributed by atoms with Crippen LogP contribution in [-0.2, 0) is 4.74 Å². The average Bonchev–Trinajstić information content (AvgIpc) is 3.14. The molecule has 1 saturated heterocycles. The number of rotatable bonds is 9. The molecule has 1 aliphatic heterocycles. The molecule has 7 heteroatoms. The molecule has 0 bridgehead atoms. The zero-order valence-corrected chi connectivity index (χ0v) is 17.6. The number of hydrogen-bond donors (Lipinski definition) is 2. The number of halogens is 1. The SMILES string of the molecule is CCCCCCOc1ccc(Br)cc1C(=O)NC(=S)NCC1CCCO1. The Bertz CT molecular complexity index is 606. The molecule has 2 N–H and O–H groups in total. The Labute approximate surface area is 169 Å². The van der Waals surface area contributed by atoms with Gasteiger partial charge in [0.05, 0.1) is 18.3 Å². The first-order valence-corrected chi connectivity index (χ1v) is 10.4. The first kappa shape index (κ1) is 21.1. The van der Waals surface area contributed by atoms with Crippen molar-refractivity contribution < 1.29 is 14.3 Å². The standard InChI is InChI=1S/C19H27BrN2O3S/c1-2-3-4-5-10-25-17-9-8-14(20)12-16(17)18(23)22-19(26)21-13-15-7-6-11-24-15/h8-9,12,15H,2-7,10-11,13H2,1H3,(H2,21,22,23,26). The van der Waals surface area contributed by atoms with Gasteiger partial charge in [0.1, 0.15) is 5.75 Å². The number of carbonyl (C=O) groups is 1. The number of nitrogens with one attached hydrogen (secondary N) is 2. The summed E-state index contributed by atoms with van der Waals surface area (Å²) in [7, 11) is 0. The number of benzene rings is 1. The third kappa shape index (κ3) is 7.21. The number of unbranched alkanes of at least 4 members (excludes halogenated alkanes) is 3. The molecular formula is C19H27BrN2O3S. The van der Waals surface area contributed by atoms with Crippen molar-refractivity contribution in [1.29, 1.82) is 0 Å². The summed E-state index contributed by atoms with van der Waals surface area (Å²) in [6, 6.07) is 5.42. The van der Waals surface area contributed by atoms with E-state index in [1.54, 1.807) is 6.07 Å². The highest BCUT2D eigenvalue weighted by Gasteiger charge is 2.17. The molecular weight excluding hydrogens is 416 g/mol. The molecule has 0 aliphatic carbocycles. The van der Waals surface area contributed by atoms with Gasteiger partial charge >= 0.3 is 0 Å². The molecule has 144 valence electrons. The molecule has 1 fully saturated rings. The Morgan fingerprint density at radius 1 is 1.38 bits per heavy atom. The van der Waals surface area contributed by atoms with Gasteiger partial charge in [-0.3, -0.25) is 10.1 Å². The summed E-state index contributed by atoms with van der Waals surface area (Å²) in [5.74, 6) is 0.295. The van der Waals surface area contributed by atoms with Crippen molar-refractivity contribution in [3.8, 4) is 5.75 Å². The van der Waals surface area contributed by atoms with Gasteiger partial charge in [-0.15, -0.1) is 0 Å². The first-order valence-electron chi connectivity index (χ1n) is 9.23. The summed E-state index contributed by atoms with van der Waals surface area (Å²) in [6.45, 7) is 4.18. The van der Waals surface area contributed by atoms with E-state index in [0.717, 1.165) is 36.8 Å². The molecule has 1 atom stereocenters. The summed E-state index contributed by atoms with van der Waals surface area (Å²) in [6.07, 6.45) is 6.74. The van der Waals surface area contributed by atoms with Gasteiger partial charge in [-0.2, -0.15) is 0 Å². The molecule has 1 amide bonds. The summed E-state index contributed by atoms with van der Waals surface area (Å²) in [4.78, 5) is 12.6. The maximum Gasteiger partial charge on any atom is 0.261 e. The molecule has 0 saturated carbocycles. The predicted molar refractivity (Wildman–Crippen MR) is 111 cm³/mol. The Morgan fingerprint density at radius 2 is 2.23 bits per heavy atom. The van der Waals surface area contributed by atoms with Crippen LogP contribution >= 0.6 is 28.1 Å². The summed E-state index contributed by atoms with van der Waals surface area (Å²) in [5.41, 5.74) is 0.469. The largest absolute Gasteiger partial charge is 0.493 e. The third-order valence-electron chi connectivity index (χ3n) is 4.18. The predicted octanol–water partition coefficient (Wildman–Crippen LogP) is 4.19. The molecule has 0 radical (unpaired) electrons. The van der Waals surface area contributed by atoms with Gasteiger partial charge in [0.15, 0.2) is 5.11 Å².